The van der Waals surface area contributed by atoms with Crippen molar-refractivity contribution >= 4 is 38.8 Å². The molecule has 194 valence electrons. The fourth-order valence-corrected chi connectivity index (χ4v) is 5.63. The summed E-state index contributed by atoms with van der Waals surface area (Å²) in [5.41, 5.74) is 1.14. The van der Waals surface area contributed by atoms with Gasteiger partial charge in [0.15, 0.2) is 20.7 Å². The standard InChI is InChI=1S/C28H26N4O5S/c1-2-37-28(34)25(38(35,36)23-13-7-4-8-14-23)24(32(29)27(33)21-10-5-3-6-11-21)18-17-22-16-15-20-12-9-19-30-26(20)31-22/h3-19,24-25H,2,29H2,1H3/t24?,25-/m0/s1. The predicted molar refractivity (Wildman–Crippen MR) is 143 cm³/mol. The molecule has 9 nitrogen and oxygen atoms in total. The minimum absolute atomic E-state index is 0.0643. The number of amides is 1. The molecule has 38 heavy (non-hydrogen) atoms. The van der Waals surface area contributed by atoms with Crippen LogP contribution in [0.3, 0.4) is 0 Å². The smallest absolute Gasteiger partial charge is 0.327 e. The van der Waals surface area contributed by atoms with Crippen LogP contribution in [0.4, 0.5) is 0 Å². The van der Waals surface area contributed by atoms with E-state index in [-0.39, 0.29) is 17.1 Å². The van der Waals surface area contributed by atoms with Crippen LogP contribution in [0.25, 0.3) is 17.1 Å². The molecule has 2 N–H and O–H groups in total. The summed E-state index contributed by atoms with van der Waals surface area (Å²) in [5, 5.41) is -0.290. The molecule has 2 aromatic heterocycles. The maximum Gasteiger partial charge on any atom is 0.327 e. The zero-order valence-electron chi connectivity index (χ0n) is 20.5. The zero-order valence-corrected chi connectivity index (χ0v) is 21.4. The largest absolute Gasteiger partial charge is 0.465 e. The molecular formula is C28H26N4O5S. The van der Waals surface area contributed by atoms with Gasteiger partial charge in [0, 0.05) is 17.1 Å². The lowest BCUT2D eigenvalue weighted by molar-refractivity contribution is -0.143. The molecule has 0 aliphatic carbocycles. The van der Waals surface area contributed by atoms with Gasteiger partial charge >= 0.3 is 5.97 Å². The second-order valence-electron chi connectivity index (χ2n) is 8.25. The highest BCUT2D eigenvalue weighted by atomic mass is 32.2. The van der Waals surface area contributed by atoms with Crippen molar-refractivity contribution in [3.8, 4) is 0 Å². The number of esters is 1. The number of hydrogen-bond acceptors (Lipinski definition) is 8. The summed E-state index contributed by atoms with van der Waals surface area (Å²) in [7, 11) is -4.35. The van der Waals surface area contributed by atoms with Crippen molar-refractivity contribution < 1.29 is 22.7 Å². The number of sulfone groups is 1. The van der Waals surface area contributed by atoms with Gasteiger partial charge in [0.1, 0.15) is 0 Å². The van der Waals surface area contributed by atoms with E-state index in [9.17, 15) is 18.0 Å². The fraction of sp³-hybridized carbons (Fsp3) is 0.143. The maximum atomic E-state index is 13.8. The van der Waals surface area contributed by atoms with Gasteiger partial charge in [0.25, 0.3) is 5.91 Å². The number of pyridine rings is 2. The first-order chi connectivity index (χ1) is 18.3. The topological polar surface area (TPSA) is 133 Å². The Morgan fingerprint density at radius 1 is 0.974 bits per heavy atom. The van der Waals surface area contributed by atoms with E-state index in [4.69, 9.17) is 10.6 Å². The van der Waals surface area contributed by atoms with Crippen molar-refractivity contribution in [2.45, 2.75) is 23.1 Å². The van der Waals surface area contributed by atoms with Gasteiger partial charge in [-0.05, 0) is 61.5 Å². The average molecular weight is 531 g/mol. The number of carbonyl (C=O) groups is 2. The summed E-state index contributed by atoms with van der Waals surface area (Å²) < 4.78 is 32.7. The molecule has 1 unspecified atom stereocenters. The third kappa shape index (κ3) is 5.77. The van der Waals surface area contributed by atoms with E-state index in [2.05, 4.69) is 9.97 Å². The molecule has 10 heteroatoms. The van der Waals surface area contributed by atoms with Crippen LogP contribution in [0, 0.1) is 0 Å². The van der Waals surface area contributed by atoms with Crippen molar-refractivity contribution in [3.05, 3.63) is 108 Å². The highest BCUT2D eigenvalue weighted by molar-refractivity contribution is 7.92. The molecule has 1 amide bonds. The molecule has 2 atom stereocenters. The van der Waals surface area contributed by atoms with E-state index >= 15 is 0 Å². The normalized spacial score (nSPS) is 13.2. The highest BCUT2D eigenvalue weighted by Crippen LogP contribution is 2.24. The molecule has 2 aromatic carbocycles. The SMILES string of the molecule is CCOC(=O)[C@H](C(C=Cc1ccc2cccnc2n1)N(N)C(=O)c1ccccc1)S(=O)(=O)c1ccccc1. The highest BCUT2D eigenvalue weighted by Gasteiger charge is 2.44. The third-order valence-electron chi connectivity index (χ3n) is 5.76. The summed E-state index contributed by atoms with van der Waals surface area (Å²) in [6.45, 7) is 1.50. The van der Waals surface area contributed by atoms with Crippen LogP contribution in [-0.2, 0) is 19.4 Å². The quantitative estimate of drug-likeness (QED) is 0.151. The number of hydrazine groups is 1. The Morgan fingerprint density at radius 3 is 2.34 bits per heavy atom. The number of nitrogens with two attached hydrogens (primary N) is 1. The molecule has 4 rings (SSSR count). The first-order valence-electron chi connectivity index (χ1n) is 11.8. The lowest BCUT2D eigenvalue weighted by atomic mass is 10.1. The first kappa shape index (κ1) is 26.6. The number of aromatic nitrogens is 2. The minimum Gasteiger partial charge on any atom is -0.465 e. The van der Waals surface area contributed by atoms with E-state index < -0.39 is 33.0 Å². The molecule has 0 fully saturated rings. The maximum absolute atomic E-state index is 13.8. The van der Waals surface area contributed by atoms with Crippen molar-refractivity contribution in [2.24, 2.45) is 5.84 Å². The van der Waals surface area contributed by atoms with Gasteiger partial charge in [0.2, 0.25) is 0 Å². The summed E-state index contributed by atoms with van der Waals surface area (Å²) in [6, 6.07) is 21.3. The van der Waals surface area contributed by atoms with Crippen LogP contribution in [0.5, 0.6) is 0 Å². The lowest BCUT2D eigenvalue weighted by Gasteiger charge is -2.30. The first-order valence-corrected chi connectivity index (χ1v) is 13.4. The van der Waals surface area contributed by atoms with Gasteiger partial charge in [-0.15, -0.1) is 0 Å². The van der Waals surface area contributed by atoms with Gasteiger partial charge in [-0.3, -0.25) is 14.6 Å². The fourth-order valence-electron chi connectivity index (χ4n) is 3.89. The third-order valence-corrected chi connectivity index (χ3v) is 7.83. The van der Waals surface area contributed by atoms with Gasteiger partial charge in [-0.1, -0.05) is 42.5 Å². The van der Waals surface area contributed by atoms with E-state index in [0.29, 0.717) is 11.3 Å². The lowest BCUT2D eigenvalue weighted by Crippen LogP contribution is -2.55. The van der Waals surface area contributed by atoms with Crippen LogP contribution in [-0.4, -0.2) is 53.2 Å². The summed E-state index contributed by atoms with van der Waals surface area (Å²) in [6.07, 6.45) is 4.48. The Labute approximate surface area is 220 Å². The van der Waals surface area contributed by atoms with E-state index in [1.165, 1.54) is 24.3 Å². The Balaban J connectivity index is 1.83. The molecule has 0 bridgehead atoms. The van der Waals surface area contributed by atoms with Crippen LogP contribution in [0.2, 0.25) is 0 Å². The zero-order chi connectivity index (χ0) is 27.1. The second kappa shape index (κ2) is 11.8. The molecule has 0 saturated carbocycles. The number of carbonyl (C=O) groups excluding carboxylic acids is 2. The summed E-state index contributed by atoms with van der Waals surface area (Å²) in [4.78, 5) is 35.1. The van der Waals surface area contributed by atoms with Crippen molar-refractivity contribution in [1.82, 2.24) is 15.0 Å². The number of nitrogens with zero attached hydrogens (tertiary/aromatic N) is 3. The number of fused-ring (bicyclic) bond motifs is 1. The van der Waals surface area contributed by atoms with Gasteiger partial charge in [0.05, 0.1) is 23.2 Å². The molecular weight excluding hydrogens is 504 g/mol. The predicted octanol–water partition coefficient (Wildman–Crippen LogP) is 3.43. The molecule has 2 heterocycles. The molecule has 0 radical (unpaired) electrons. The Bertz CT molecular complexity index is 1560. The molecule has 0 saturated heterocycles. The summed E-state index contributed by atoms with van der Waals surface area (Å²) >= 11 is 0. The van der Waals surface area contributed by atoms with E-state index in [0.717, 1.165) is 10.4 Å². The number of hydrogen-bond donors (Lipinski definition) is 1. The monoisotopic (exact) mass is 530 g/mol. The van der Waals surface area contributed by atoms with Gasteiger partial charge < -0.3 is 4.74 Å². The molecule has 0 aliphatic rings. The van der Waals surface area contributed by atoms with Crippen LogP contribution < -0.4 is 5.84 Å². The Hall–Kier alpha value is -4.41. The van der Waals surface area contributed by atoms with Crippen molar-refractivity contribution in [3.63, 3.8) is 0 Å². The molecule has 0 aliphatic heterocycles. The summed E-state index contributed by atoms with van der Waals surface area (Å²) in [5.74, 6) is 4.58. The number of rotatable bonds is 9. The van der Waals surface area contributed by atoms with E-state index in [1.54, 1.807) is 73.8 Å². The van der Waals surface area contributed by atoms with Crippen LogP contribution in [0.1, 0.15) is 23.0 Å². The van der Waals surface area contributed by atoms with E-state index in [1.807, 2.05) is 12.1 Å². The second-order valence-corrected chi connectivity index (χ2v) is 10.3. The molecule has 0 spiro atoms. The van der Waals surface area contributed by atoms with Crippen LogP contribution >= 0.6 is 0 Å². The van der Waals surface area contributed by atoms with Gasteiger partial charge in [-0.25, -0.2) is 24.2 Å². The van der Waals surface area contributed by atoms with Crippen molar-refractivity contribution in [2.75, 3.05) is 6.61 Å². The van der Waals surface area contributed by atoms with Gasteiger partial charge in [-0.2, -0.15) is 0 Å². The molecule has 4 aromatic rings. The minimum atomic E-state index is -4.35. The van der Waals surface area contributed by atoms with Crippen molar-refractivity contribution in [1.29, 1.82) is 0 Å². The van der Waals surface area contributed by atoms with Crippen LogP contribution in [0.15, 0.2) is 102 Å². The average Bonchev–Trinajstić information content (AvgIpc) is 2.95. The Morgan fingerprint density at radius 2 is 1.66 bits per heavy atom. The number of ether oxygens (including phenoxy) is 1. The Kier molecular flexibility index (Phi) is 8.25. The number of benzene rings is 2.